The Morgan fingerprint density at radius 3 is 2.43 bits per heavy atom. The van der Waals surface area contributed by atoms with E-state index in [-0.39, 0.29) is 11.8 Å². The molecule has 0 atom stereocenters. The van der Waals surface area contributed by atoms with Crippen LogP contribution in [0.2, 0.25) is 0 Å². The van der Waals surface area contributed by atoms with Crippen molar-refractivity contribution in [3.05, 3.63) is 66.5 Å². The van der Waals surface area contributed by atoms with Gasteiger partial charge >= 0.3 is 0 Å². The Bertz CT molecular complexity index is 996. The standard InChI is InChI=1S/C21H20N4O2S/c1-28-21-22-12-14-25(21)18-8-4-15(5-9-18)20(27)23-16-6-10-17(11-7-16)24-13-2-3-19(24)26/h4-12,14H,2-3,13H2,1H3,(H,23,27). The highest BCUT2D eigenvalue weighted by Gasteiger charge is 2.21. The fraction of sp³-hybridized carbons (Fsp3) is 0.190. The summed E-state index contributed by atoms with van der Waals surface area (Å²) in [6.45, 7) is 0.756. The Morgan fingerprint density at radius 1 is 1.07 bits per heavy atom. The lowest BCUT2D eigenvalue weighted by molar-refractivity contribution is -0.117. The molecule has 2 aromatic carbocycles. The van der Waals surface area contributed by atoms with Crippen LogP contribution < -0.4 is 10.2 Å². The van der Waals surface area contributed by atoms with E-state index in [9.17, 15) is 9.59 Å². The van der Waals surface area contributed by atoms with Gasteiger partial charge in [0.25, 0.3) is 5.91 Å². The maximum Gasteiger partial charge on any atom is 0.255 e. The smallest absolute Gasteiger partial charge is 0.255 e. The first-order valence-corrected chi connectivity index (χ1v) is 10.3. The van der Waals surface area contributed by atoms with E-state index in [0.29, 0.717) is 17.7 Å². The predicted molar refractivity (Wildman–Crippen MR) is 111 cm³/mol. The molecular weight excluding hydrogens is 372 g/mol. The first-order chi connectivity index (χ1) is 13.7. The molecule has 4 rings (SSSR count). The summed E-state index contributed by atoms with van der Waals surface area (Å²) < 4.78 is 1.98. The average Bonchev–Trinajstić information content (AvgIpc) is 3.37. The molecule has 1 aliphatic rings. The molecule has 1 N–H and O–H groups in total. The Morgan fingerprint density at radius 2 is 1.79 bits per heavy atom. The number of thioether (sulfide) groups is 1. The van der Waals surface area contributed by atoms with E-state index in [0.717, 1.165) is 29.5 Å². The van der Waals surface area contributed by atoms with Crippen LogP contribution in [0.25, 0.3) is 5.69 Å². The fourth-order valence-electron chi connectivity index (χ4n) is 3.26. The molecule has 2 amide bonds. The van der Waals surface area contributed by atoms with Gasteiger partial charge in [-0.15, -0.1) is 0 Å². The SMILES string of the molecule is CSc1nccn1-c1ccc(C(=O)Nc2ccc(N3CCCC3=O)cc2)cc1. The van der Waals surface area contributed by atoms with Crippen molar-refractivity contribution in [1.82, 2.24) is 9.55 Å². The summed E-state index contributed by atoms with van der Waals surface area (Å²) in [5.41, 5.74) is 3.10. The lowest BCUT2D eigenvalue weighted by atomic mass is 10.2. The van der Waals surface area contributed by atoms with Gasteiger partial charge in [-0.1, -0.05) is 11.8 Å². The summed E-state index contributed by atoms with van der Waals surface area (Å²) >= 11 is 1.57. The summed E-state index contributed by atoms with van der Waals surface area (Å²) in [4.78, 5) is 30.4. The van der Waals surface area contributed by atoms with Gasteiger partial charge in [0.1, 0.15) is 0 Å². The molecule has 1 saturated heterocycles. The number of nitrogens with zero attached hydrogens (tertiary/aromatic N) is 3. The summed E-state index contributed by atoms with van der Waals surface area (Å²) in [6.07, 6.45) is 7.13. The Labute approximate surface area is 167 Å². The van der Waals surface area contributed by atoms with Crippen LogP contribution in [0.15, 0.2) is 66.1 Å². The molecule has 0 saturated carbocycles. The monoisotopic (exact) mass is 392 g/mol. The molecule has 142 valence electrons. The highest BCUT2D eigenvalue weighted by atomic mass is 32.2. The van der Waals surface area contributed by atoms with Gasteiger partial charge < -0.3 is 10.2 Å². The van der Waals surface area contributed by atoms with Crippen LogP contribution >= 0.6 is 11.8 Å². The minimum atomic E-state index is -0.174. The summed E-state index contributed by atoms with van der Waals surface area (Å²) in [6, 6.07) is 14.8. The van der Waals surface area contributed by atoms with Crippen molar-refractivity contribution in [3.8, 4) is 5.69 Å². The van der Waals surface area contributed by atoms with Crippen molar-refractivity contribution in [2.45, 2.75) is 18.0 Å². The van der Waals surface area contributed by atoms with Gasteiger partial charge in [0.2, 0.25) is 5.91 Å². The molecule has 3 aromatic rings. The molecule has 0 unspecified atom stereocenters. The normalized spacial score (nSPS) is 13.8. The molecular formula is C21H20N4O2S. The van der Waals surface area contributed by atoms with Crippen molar-refractivity contribution in [1.29, 1.82) is 0 Å². The van der Waals surface area contributed by atoms with Gasteiger partial charge in [0.15, 0.2) is 5.16 Å². The second kappa shape index (κ2) is 7.90. The van der Waals surface area contributed by atoms with Crippen LogP contribution in [0.3, 0.4) is 0 Å². The quantitative estimate of drug-likeness (QED) is 0.667. The third kappa shape index (κ3) is 3.66. The number of amides is 2. The second-order valence-electron chi connectivity index (χ2n) is 6.48. The van der Waals surface area contributed by atoms with Gasteiger partial charge in [-0.3, -0.25) is 14.2 Å². The number of carbonyl (C=O) groups is 2. The zero-order valence-electron chi connectivity index (χ0n) is 15.5. The maximum absolute atomic E-state index is 12.5. The first kappa shape index (κ1) is 18.3. The average molecular weight is 392 g/mol. The zero-order valence-corrected chi connectivity index (χ0v) is 16.3. The van der Waals surface area contributed by atoms with Crippen molar-refractivity contribution >= 4 is 35.0 Å². The highest BCUT2D eigenvalue weighted by molar-refractivity contribution is 7.98. The number of imidazole rings is 1. The molecule has 0 spiro atoms. The summed E-state index contributed by atoms with van der Waals surface area (Å²) in [5.74, 6) is -0.0216. The second-order valence-corrected chi connectivity index (χ2v) is 7.25. The van der Waals surface area contributed by atoms with Crippen molar-refractivity contribution in [2.24, 2.45) is 0 Å². The van der Waals surface area contributed by atoms with Gasteiger partial charge in [-0.2, -0.15) is 0 Å². The lowest BCUT2D eigenvalue weighted by Crippen LogP contribution is -2.23. The summed E-state index contributed by atoms with van der Waals surface area (Å²) in [5, 5.41) is 3.80. The van der Waals surface area contributed by atoms with E-state index in [1.165, 1.54) is 0 Å². The molecule has 0 aliphatic carbocycles. The van der Waals surface area contributed by atoms with Gasteiger partial charge in [0.05, 0.1) is 0 Å². The van der Waals surface area contributed by atoms with E-state index >= 15 is 0 Å². The van der Waals surface area contributed by atoms with E-state index in [1.807, 2.05) is 53.4 Å². The van der Waals surface area contributed by atoms with Gasteiger partial charge in [-0.25, -0.2) is 4.98 Å². The minimum absolute atomic E-state index is 0.152. The van der Waals surface area contributed by atoms with Crippen LogP contribution in [0, 0.1) is 0 Å². The fourth-order valence-corrected chi connectivity index (χ4v) is 3.79. The van der Waals surface area contributed by atoms with Gasteiger partial charge in [-0.05, 0) is 61.2 Å². The number of hydrogen-bond acceptors (Lipinski definition) is 4. The number of aromatic nitrogens is 2. The lowest BCUT2D eigenvalue weighted by Gasteiger charge is -2.16. The third-order valence-corrected chi connectivity index (χ3v) is 5.37. The maximum atomic E-state index is 12.5. The van der Waals surface area contributed by atoms with Crippen molar-refractivity contribution < 1.29 is 9.59 Å². The Balaban J connectivity index is 1.44. The van der Waals surface area contributed by atoms with Crippen molar-refractivity contribution in [2.75, 3.05) is 23.0 Å². The van der Waals surface area contributed by atoms with Crippen LogP contribution in [-0.4, -0.2) is 34.2 Å². The molecule has 28 heavy (non-hydrogen) atoms. The third-order valence-electron chi connectivity index (χ3n) is 4.71. The van der Waals surface area contributed by atoms with Crippen LogP contribution in [-0.2, 0) is 4.79 Å². The van der Waals surface area contributed by atoms with Crippen LogP contribution in [0.1, 0.15) is 23.2 Å². The number of anilines is 2. The predicted octanol–water partition coefficient (Wildman–Crippen LogP) is 3.97. The topological polar surface area (TPSA) is 67.2 Å². The molecule has 0 radical (unpaired) electrons. The molecule has 7 heteroatoms. The number of benzene rings is 2. The first-order valence-electron chi connectivity index (χ1n) is 9.05. The highest BCUT2D eigenvalue weighted by Crippen LogP contribution is 2.23. The van der Waals surface area contributed by atoms with E-state index in [1.54, 1.807) is 35.0 Å². The molecule has 2 heterocycles. The Hall–Kier alpha value is -3.06. The van der Waals surface area contributed by atoms with Crippen LogP contribution in [0.5, 0.6) is 0 Å². The van der Waals surface area contributed by atoms with E-state index < -0.39 is 0 Å². The van der Waals surface area contributed by atoms with Crippen molar-refractivity contribution in [3.63, 3.8) is 0 Å². The number of carbonyl (C=O) groups excluding carboxylic acids is 2. The minimum Gasteiger partial charge on any atom is -0.322 e. The zero-order chi connectivity index (χ0) is 19.5. The molecule has 0 bridgehead atoms. The summed E-state index contributed by atoms with van der Waals surface area (Å²) in [7, 11) is 0. The molecule has 1 fully saturated rings. The molecule has 6 nitrogen and oxygen atoms in total. The van der Waals surface area contributed by atoms with E-state index in [2.05, 4.69) is 10.3 Å². The molecule has 1 aliphatic heterocycles. The van der Waals surface area contributed by atoms with Crippen LogP contribution in [0.4, 0.5) is 11.4 Å². The largest absolute Gasteiger partial charge is 0.322 e. The number of hydrogen-bond donors (Lipinski definition) is 1. The molecule has 1 aromatic heterocycles. The van der Waals surface area contributed by atoms with E-state index in [4.69, 9.17) is 0 Å². The number of nitrogens with one attached hydrogen (secondary N) is 1. The Kier molecular flexibility index (Phi) is 5.16. The number of rotatable bonds is 5. The van der Waals surface area contributed by atoms with Gasteiger partial charge in [0, 0.05) is 48.0 Å².